The van der Waals surface area contributed by atoms with Crippen molar-refractivity contribution >= 4 is 28.4 Å². The third-order valence-corrected chi connectivity index (χ3v) is 3.18. The normalized spacial score (nSPS) is 10.8. The first kappa shape index (κ1) is 11.9. The molecule has 1 aromatic heterocycles. The van der Waals surface area contributed by atoms with Crippen LogP contribution in [-0.4, -0.2) is 5.78 Å². The zero-order chi connectivity index (χ0) is 13.4. The van der Waals surface area contributed by atoms with Crippen LogP contribution in [0.1, 0.15) is 16.1 Å². The lowest BCUT2D eigenvalue weighted by Crippen LogP contribution is -2.02. The lowest BCUT2D eigenvalue weighted by Gasteiger charge is -1.98. The van der Waals surface area contributed by atoms with E-state index in [1.54, 1.807) is 24.3 Å². The molecule has 0 aliphatic heterocycles. The van der Waals surface area contributed by atoms with Gasteiger partial charge in [0.15, 0.2) is 5.76 Å². The molecule has 0 saturated carbocycles. The first-order valence-corrected chi connectivity index (χ1v) is 6.02. The Kier molecular flexibility index (Phi) is 2.84. The molecule has 3 aromatic rings. The van der Waals surface area contributed by atoms with Gasteiger partial charge >= 0.3 is 0 Å². The molecule has 0 bridgehead atoms. The molecule has 94 valence electrons. The summed E-state index contributed by atoms with van der Waals surface area (Å²) >= 11 is 6.01. The molecule has 0 atom stereocenters. The van der Waals surface area contributed by atoms with Crippen molar-refractivity contribution in [3.63, 3.8) is 0 Å². The fraction of sp³-hybridized carbons (Fsp3) is 0. The fourth-order valence-electron chi connectivity index (χ4n) is 1.92. The molecule has 2 aromatic carbocycles. The maximum atomic E-state index is 13.6. The van der Waals surface area contributed by atoms with Crippen LogP contribution in [0.3, 0.4) is 0 Å². The third-order valence-electron chi connectivity index (χ3n) is 2.85. The molecule has 0 unspecified atom stereocenters. The van der Waals surface area contributed by atoms with E-state index in [0.717, 1.165) is 0 Å². The van der Waals surface area contributed by atoms with Crippen LogP contribution in [0, 0.1) is 5.82 Å². The predicted molar refractivity (Wildman–Crippen MR) is 71.1 cm³/mol. The Balaban J connectivity index is 2.12. The number of hydrogen-bond donors (Lipinski definition) is 0. The van der Waals surface area contributed by atoms with Gasteiger partial charge in [0.25, 0.3) is 0 Å². The van der Waals surface area contributed by atoms with Crippen LogP contribution in [-0.2, 0) is 0 Å². The summed E-state index contributed by atoms with van der Waals surface area (Å²) in [5.41, 5.74) is 0.491. The Labute approximate surface area is 113 Å². The molecule has 0 N–H and O–H groups in total. The highest BCUT2D eigenvalue weighted by atomic mass is 35.5. The molecule has 2 nitrogen and oxygen atoms in total. The predicted octanol–water partition coefficient (Wildman–Crippen LogP) is 4.46. The second-order valence-corrected chi connectivity index (χ2v) is 4.48. The summed E-state index contributed by atoms with van der Waals surface area (Å²) in [4.78, 5) is 12.2. The molecule has 0 fully saturated rings. The summed E-state index contributed by atoms with van der Waals surface area (Å²) in [7, 11) is 0. The van der Waals surface area contributed by atoms with E-state index in [-0.39, 0.29) is 11.3 Å². The van der Waals surface area contributed by atoms with E-state index in [1.807, 2.05) is 0 Å². The van der Waals surface area contributed by atoms with E-state index >= 15 is 0 Å². The van der Waals surface area contributed by atoms with Crippen LogP contribution >= 0.6 is 11.6 Å². The van der Waals surface area contributed by atoms with Crippen molar-refractivity contribution in [1.82, 2.24) is 0 Å². The first-order chi connectivity index (χ1) is 9.16. The number of carbonyl (C=O) groups excluding carboxylic acids is 1. The van der Waals surface area contributed by atoms with Crippen LogP contribution < -0.4 is 0 Å². The van der Waals surface area contributed by atoms with Gasteiger partial charge in [-0.25, -0.2) is 4.39 Å². The molecular weight excluding hydrogens is 267 g/mol. The largest absolute Gasteiger partial charge is 0.453 e. The van der Waals surface area contributed by atoms with Gasteiger partial charge in [-0.1, -0.05) is 29.8 Å². The molecule has 19 heavy (non-hydrogen) atoms. The van der Waals surface area contributed by atoms with E-state index < -0.39 is 11.6 Å². The molecule has 0 saturated heterocycles. The van der Waals surface area contributed by atoms with Gasteiger partial charge in [-0.05, 0) is 30.3 Å². The van der Waals surface area contributed by atoms with Crippen LogP contribution in [0.15, 0.2) is 52.9 Å². The van der Waals surface area contributed by atoms with Crippen molar-refractivity contribution in [3.05, 3.63) is 70.7 Å². The van der Waals surface area contributed by atoms with E-state index in [0.29, 0.717) is 16.0 Å². The zero-order valence-electron chi connectivity index (χ0n) is 9.69. The topological polar surface area (TPSA) is 30.2 Å². The molecule has 4 heteroatoms. The monoisotopic (exact) mass is 274 g/mol. The second kappa shape index (κ2) is 4.52. The van der Waals surface area contributed by atoms with Crippen molar-refractivity contribution in [3.8, 4) is 0 Å². The van der Waals surface area contributed by atoms with Crippen molar-refractivity contribution in [2.45, 2.75) is 0 Å². The van der Waals surface area contributed by atoms with Crippen molar-refractivity contribution in [2.24, 2.45) is 0 Å². The molecule has 3 rings (SSSR count). The Morgan fingerprint density at radius 1 is 1.11 bits per heavy atom. The first-order valence-electron chi connectivity index (χ1n) is 5.64. The molecule has 0 spiro atoms. The van der Waals surface area contributed by atoms with Crippen molar-refractivity contribution in [1.29, 1.82) is 0 Å². The standard InChI is InChI=1S/C15H8ClFO2/c16-11-5-3-7-13-10(11)8-14(19-13)15(18)9-4-1-2-6-12(9)17/h1-8H. The van der Waals surface area contributed by atoms with Crippen molar-refractivity contribution in [2.75, 3.05) is 0 Å². The van der Waals surface area contributed by atoms with Crippen LogP contribution in [0.4, 0.5) is 4.39 Å². The maximum Gasteiger partial charge on any atom is 0.231 e. The van der Waals surface area contributed by atoms with Gasteiger partial charge in [0.1, 0.15) is 11.4 Å². The van der Waals surface area contributed by atoms with Crippen LogP contribution in [0.5, 0.6) is 0 Å². The summed E-state index contributed by atoms with van der Waals surface area (Å²) in [5.74, 6) is -0.988. The van der Waals surface area contributed by atoms with Gasteiger partial charge in [-0.15, -0.1) is 0 Å². The summed E-state index contributed by atoms with van der Waals surface area (Å²) < 4.78 is 19.0. The summed E-state index contributed by atoms with van der Waals surface area (Å²) in [6.07, 6.45) is 0. The number of rotatable bonds is 2. The Morgan fingerprint density at radius 3 is 2.63 bits per heavy atom. The number of ketones is 1. The van der Waals surface area contributed by atoms with E-state index in [2.05, 4.69) is 0 Å². The molecule has 0 amide bonds. The zero-order valence-corrected chi connectivity index (χ0v) is 10.4. The van der Waals surface area contributed by atoms with E-state index in [4.69, 9.17) is 16.0 Å². The summed E-state index contributed by atoms with van der Waals surface area (Å²) in [5, 5.41) is 1.14. The van der Waals surface area contributed by atoms with Gasteiger partial charge < -0.3 is 4.42 Å². The number of hydrogen-bond acceptors (Lipinski definition) is 2. The SMILES string of the molecule is O=C(c1cc2c(Cl)cccc2o1)c1ccccc1F. The quantitative estimate of drug-likeness (QED) is 0.646. The average molecular weight is 275 g/mol. The van der Waals surface area contributed by atoms with Gasteiger partial charge in [-0.3, -0.25) is 4.79 Å². The second-order valence-electron chi connectivity index (χ2n) is 4.07. The Hall–Kier alpha value is -2.13. The Bertz CT molecular complexity index is 777. The molecule has 0 radical (unpaired) electrons. The minimum Gasteiger partial charge on any atom is -0.453 e. The molecule has 0 aliphatic rings. The number of fused-ring (bicyclic) bond motifs is 1. The Morgan fingerprint density at radius 2 is 1.89 bits per heavy atom. The highest BCUT2D eigenvalue weighted by molar-refractivity contribution is 6.35. The number of carbonyl (C=O) groups is 1. The number of furan rings is 1. The number of benzene rings is 2. The minimum atomic E-state index is -0.570. The summed E-state index contributed by atoms with van der Waals surface area (Å²) in [6, 6.07) is 12.5. The van der Waals surface area contributed by atoms with Crippen LogP contribution in [0.25, 0.3) is 11.0 Å². The van der Waals surface area contributed by atoms with Crippen LogP contribution in [0.2, 0.25) is 5.02 Å². The molecule has 0 aliphatic carbocycles. The van der Waals surface area contributed by atoms with Gasteiger partial charge in [0, 0.05) is 5.39 Å². The van der Waals surface area contributed by atoms with E-state index in [9.17, 15) is 9.18 Å². The third kappa shape index (κ3) is 2.02. The van der Waals surface area contributed by atoms with Crippen molar-refractivity contribution < 1.29 is 13.6 Å². The average Bonchev–Trinajstić information content (AvgIpc) is 2.84. The number of halogens is 2. The fourth-order valence-corrected chi connectivity index (χ4v) is 2.14. The lowest BCUT2D eigenvalue weighted by molar-refractivity contribution is 0.101. The van der Waals surface area contributed by atoms with E-state index in [1.165, 1.54) is 24.3 Å². The highest BCUT2D eigenvalue weighted by Crippen LogP contribution is 2.28. The highest BCUT2D eigenvalue weighted by Gasteiger charge is 2.18. The van der Waals surface area contributed by atoms with Gasteiger partial charge in [-0.2, -0.15) is 0 Å². The lowest BCUT2D eigenvalue weighted by atomic mass is 10.1. The van der Waals surface area contributed by atoms with Gasteiger partial charge in [0.05, 0.1) is 10.6 Å². The smallest absolute Gasteiger partial charge is 0.231 e. The minimum absolute atomic E-state index is 0.0160. The molecular formula is C15H8ClFO2. The van der Waals surface area contributed by atoms with Gasteiger partial charge in [0.2, 0.25) is 5.78 Å². The summed E-state index contributed by atoms with van der Waals surface area (Å²) in [6.45, 7) is 0. The maximum absolute atomic E-state index is 13.6. The molecule has 1 heterocycles.